The molecule has 1 amide bonds. The maximum atomic E-state index is 12.7. The van der Waals surface area contributed by atoms with Crippen LogP contribution in [0.4, 0.5) is 0 Å². The maximum absolute atomic E-state index is 12.7. The van der Waals surface area contributed by atoms with E-state index < -0.39 is 0 Å². The van der Waals surface area contributed by atoms with Crippen molar-refractivity contribution in [2.75, 3.05) is 20.2 Å². The van der Waals surface area contributed by atoms with Gasteiger partial charge in [0.25, 0.3) is 5.91 Å². The molecule has 0 atom stereocenters. The molecule has 3 aromatic rings. The lowest BCUT2D eigenvalue weighted by Gasteiger charge is -2.31. The van der Waals surface area contributed by atoms with Gasteiger partial charge in [-0.05, 0) is 49.6 Å². The Morgan fingerprint density at radius 1 is 1.21 bits per heavy atom. The number of benzene rings is 1. The highest BCUT2D eigenvalue weighted by molar-refractivity contribution is 5.95. The Labute approximate surface area is 170 Å². The van der Waals surface area contributed by atoms with E-state index in [9.17, 15) is 4.79 Å². The van der Waals surface area contributed by atoms with Gasteiger partial charge in [0.05, 0.1) is 18.9 Å². The number of aryl methyl sites for hydroxylation is 1. The van der Waals surface area contributed by atoms with Crippen molar-refractivity contribution in [3.05, 3.63) is 76.9 Å². The minimum absolute atomic E-state index is 0.0643. The third kappa shape index (κ3) is 4.31. The number of methoxy groups -OCH3 is 1. The predicted octanol–water partition coefficient (Wildman–Crippen LogP) is 3.73. The van der Waals surface area contributed by atoms with Gasteiger partial charge in [0.2, 0.25) is 0 Å². The molecule has 1 aromatic carbocycles. The Kier molecular flexibility index (Phi) is 5.60. The standard InChI is InChI=1S/C23H26N4O2/c1-16-21(15-24-26-16)23(28)27-11-9-18(10-12-27)22-8-4-6-19(25-22)13-17-5-3-7-20(14-17)29-2/h3-8,14-15,18H,9-13H2,1-2H3,(H,24,26). The largest absolute Gasteiger partial charge is 0.497 e. The number of aromatic nitrogens is 3. The lowest BCUT2D eigenvalue weighted by Crippen LogP contribution is -2.38. The zero-order valence-corrected chi connectivity index (χ0v) is 16.9. The van der Waals surface area contributed by atoms with Crippen LogP contribution in [0, 0.1) is 6.92 Å². The van der Waals surface area contributed by atoms with Crippen LogP contribution in [0.2, 0.25) is 0 Å². The van der Waals surface area contributed by atoms with Crippen LogP contribution in [0.3, 0.4) is 0 Å². The first-order valence-corrected chi connectivity index (χ1v) is 10.0. The van der Waals surface area contributed by atoms with E-state index in [0.29, 0.717) is 11.5 Å². The summed E-state index contributed by atoms with van der Waals surface area (Å²) in [6, 6.07) is 14.4. The fraction of sp³-hybridized carbons (Fsp3) is 0.348. The Balaban J connectivity index is 1.40. The van der Waals surface area contributed by atoms with Crippen molar-refractivity contribution in [3.8, 4) is 5.75 Å². The highest BCUT2D eigenvalue weighted by Crippen LogP contribution is 2.28. The van der Waals surface area contributed by atoms with Crippen molar-refractivity contribution in [2.45, 2.75) is 32.1 Å². The first-order valence-electron chi connectivity index (χ1n) is 10.0. The molecule has 150 valence electrons. The van der Waals surface area contributed by atoms with Crippen LogP contribution in [0.1, 0.15) is 51.8 Å². The number of carbonyl (C=O) groups is 1. The SMILES string of the molecule is COc1cccc(Cc2cccc(C3CCN(C(=O)c4cn[nH]c4C)CC3)n2)c1. The minimum atomic E-state index is 0.0643. The molecule has 1 aliphatic heterocycles. The summed E-state index contributed by atoms with van der Waals surface area (Å²) >= 11 is 0. The fourth-order valence-corrected chi connectivity index (χ4v) is 3.93. The number of hydrogen-bond acceptors (Lipinski definition) is 4. The minimum Gasteiger partial charge on any atom is -0.497 e. The molecule has 0 unspecified atom stereocenters. The molecule has 6 nitrogen and oxygen atoms in total. The Morgan fingerprint density at radius 3 is 2.72 bits per heavy atom. The molecule has 3 heterocycles. The molecule has 0 aliphatic carbocycles. The number of amides is 1. The highest BCUT2D eigenvalue weighted by atomic mass is 16.5. The van der Waals surface area contributed by atoms with Crippen LogP contribution < -0.4 is 4.74 Å². The number of rotatable bonds is 5. The van der Waals surface area contributed by atoms with Crippen molar-refractivity contribution in [1.29, 1.82) is 0 Å². The van der Waals surface area contributed by atoms with Crippen LogP contribution >= 0.6 is 0 Å². The van der Waals surface area contributed by atoms with E-state index in [0.717, 1.165) is 55.2 Å². The summed E-state index contributed by atoms with van der Waals surface area (Å²) in [5, 5.41) is 6.81. The van der Waals surface area contributed by atoms with Gasteiger partial charge in [-0.1, -0.05) is 18.2 Å². The van der Waals surface area contributed by atoms with E-state index in [1.807, 2.05) is 24.0 Å². The van der Waals surface area contributed by atoms with Gasteiger partial charge in [-0.3, -0.25) is 14.9 Å². The number of nitrogens with one attached hydrogen (secondary N) is 1. The quantitative estimate of drug-likeness (QED) is 0.721. The molecular formula is C23H26N4O2. The van der Waals surface area contributed by atoms with Crippen molar-refractivity contribution >= 4 is 5.91 Å². The molecule has 0 spiro atoms. The second-order valence-corrected chi connectivity index (χ2v) is 7.56. The van der Waals surface area contributed by atoms with Crippen LogP contribution in [-0.4, -0.2) is 46.2 Å². The van der Waals surface area contributed by atoms with E-state index in [1.54, 1.807) is 13.3 Å². The summed E-state index contributed by atoms with van der Waals surface area (Å²) in [6.07, 6.45) is 4.26. The number of aromatic amines is 1. The lowest BCUT2D eigenvalue weighted by atomic mass is 9.92. The van der Waals surface area contributed by atoms with Gasteiger partial charge in [-0.2, -0.15) is 5.10 Å². The van der Waals surface area contributed by atoms with Crippen LogP contribution in [0.15, 0.2) is 48.7 Å². The summed E-state index contributed by atoms with van der Waals surface area (Å²) in [4.78, 5) is 19.5. The van der Waals surface area contributed by atoms with Crippen molar-refractivity contribution in [2.24, 2.45) is 0 Å². The molecule has 0 radical (unpaired) electrons. The molecule has 6 heteroatoms. The van der Waals surface area contributed by atoms with Crippen molar-refractivity contribution < 1.29 is 9.53 Å². The molecule has 1 fully saturated rings. The average molecular weight is 390 g/mol. The molecule has 2 aromatic heterocycles. The fourth-order valence-electron chi connectivity index (χ4n) is 3.93. The summed E-state index contributed by atoms with van der Waals surface area (Å²) in [7, 11) is 1.68. The normalized spacial score (nSPS) is 14.8. The average Bonchev–Trinajstić information content (AvgIpc) is 3.19. The van der Waals surface area contributed by atoms with Gasteiger partial charge < -0.3 is 9.64 Å². The third-order valence-corrected chi connectivity index (χ3v) is 5.61. The summed E-state index contributed by atoms with van der Waals surface area (Å²) in [5.74, 6) is 1.31. The number of pyridine rings is 1. The second kappa shape index (κ2) is 8.47. The zero-order valence-electron chi connectivity index (χ0n) is 16.9. The van der Waals surface area contributed by atoms with Crippen molar-refractivity contribution in [1.82, 2.24) is 20.1 Å². The molecule has 29 heavy (non-hydrogen) atoms. The first kappa shape index (κ1) is 19.2. The highest BCUT2D eigenvalue weighted by Gasteiger charge is 2.26. The van der Waals surface area contributed by atoms with E-state index >= 15 is 0 Å². The Morgan fingerprint density at radius 2 is 2.00 bits per heavy atom. The molecular weight excluding hydrogens is 364 g/mol. The van der Waals surface area contributed by atoms with Crippen molar-refractivity contribution in [3.63, 3.8) is 0 Å². The molecule has 0 saturated carbocycles. The number of carbonyl (C=O) groups excluding carboxylic acids is 1. The topological polar surface area (TPSA) is 71.1 Å². The molecule has 1 saturated heterocycles. The molecule has 4 rings (SSSR count). The number of piperidine rings is 1. The van der Waals surface area contributed by atoms with E-state index in [-0.39, 0.29) is 5.91 Å². The summed E-state index contributed by atoms with van der Waals surface area (Å²) < 4.78 is 5.32. The summed E-state index contributed by atoms with van der Waals surface area (Å²) in [5.41, 5.74) is 4.86. The van der Waals surface area contributed by atoms with E-state index in [2.05, 4.69) is 40.5 Å². The molecule has 1 aliphatic rings. The monoisotopic (exact) mass is 390 g/mol. The maximum Gasteiger partial charge on any atom is 0.257 e. The predicted molar refractivity (Wildman–Crippen MR) is 111 cm³/mol. The lowest BCUT2D eigenvalue weighted by molar-refractivity contribution is 0.0711. The van der Waals surface area contributed by atoms with Gasteiger partial charge >= 0.3 is 0 Å². The van der Waals surface area contributed by atoms with Gasteiger partial charge in [0, 0.05) is 42.5 Å². The molecule has 0 bridgehead atoms. The van der Waals surface area contributed by atoms with Gasteiger partial charge in [-0.25, -0.2) is 0 Å². The van der Waals surface area contributed by atoms with Gasteiger partial charge in [0.15, 0.2) is 0 Å². The number of ether oxygens (including phenoxy) is 1. The van der Waals surface area contributed by atoms with Gasteiger partial charge in [0.1, 0.15) is 5.75 Å². The zero-order chi connectivity index (χ0) is 20.2. The Bertz CT molecular complexity index is 990. The van der Waals surface area contributed by atoms with E-state index in [1.165, 1.54) is 5.56 Å². The number of nitrogens with zero attached hydrogens (tertiary/aromatic N) is 3. The smallest absolute Gasteiger partial charge is 0.257 e. The first-order chi connectivity index (χ1) is 14.1. The number of likely N-dealkylation sites (tertiary alicyclic amines) is 1. The van der Waals surface area contributed by atoms with Crippen LogP contribution in [-0.2, 0) is 6.42 Å². The Hall–Kier alpha value is -3.15. The third-order valence-electron chi connectivity index (χ3n) is 5.61. The van der Waals surface area contributed by atoms with Gasteiger partial charge in [-0.15, -0.1) is 0 Å². The molecule has 1 N–H and O–H groups in total. The second-order valence-electron chi connectivity index (χ2n) is 7.56. The van der Waals surface area contributed by atoms with Crippen LogP contribution in [0.5, 0.6) is 5.75 Å². The number of hydrogen-bond donors (Lipinski definition) is 1. The number of H-pyrrole nitrogens is 1. The van der Waals surface area contributed by atoms with Crippen LogP contribution in [0.25, 0.3) is 0 Å². The summed E-state index contributed by atoms with van der Waals surface area (Å²) in [6.45, 7) is 3.37. The van der Waals surface area contributed by atoms with E-state index in [4.69, 9.17) is 9.72 Å².